The first-order chi connectivity index (χ1) is 11.8. The second kappa shape index (κ2) is 9.56. The van der Waals surface area contributed by atoms with Crippen LogP contribution >= 0.6 is 70.6 Å². The maximum Gasteiger partial charge on any atom is 0.208 e. The molecule has 0 bridgehead atoms. The van der Waals surface area contributed by atoms with Gasteiger partial charge in [-0.15, -0.1) is 23.5 Å². The monoisotopic (exact) mass is 432 g/mol. The van der Waals surface area contributed by atoms with Crippen molar-refractivity contribution in [2.24, 2.45) is 0 Å². The Morgan fingerprint density at radius 2 is 1.25 bits per heavy atom. The van der Waals surface area contributed by atoms with Crippen LogP contribution < -0.4 is 0 Å². The highest BCUT2D eigenvalue weighted by Gasteiger charge is 2.33. The van der Waals surface area contributed by atoms with Crippen molar-refractivity contribution in [3.05, 3.63) is 27.1 Å². The minimum absolute atomic E-state index is 0.544. The summed E-state index contributed by atoms with van der Waals surface area (Å²) >= 11 is 10.3. The van der Waals surface area contributed by atoms with Gasteiger partial charge in [-0.25, -0.2) is 0 Å². The average molecular weight is 433 g/mol. The van der Waals surface area contributed by atoms with Crippen molar-refractivity contribution in [3.8, 4) is 12.1 Å². The zero-order valence-electron chi connectivity index (χ0n) is 12.4. The third-order valence-corrected chi connectivity index (χ3v) is 11.1. The molecule has 0 aromatic carbocycles. The lowest BCUT2D eigenvalue weighted by molar-refractivity contribution is 0.0949. The lowest BCUT2D eigenvalue weighted by atomic mass is 10.6. The quantitative estimate of drug-likeness (QED) is 0.491. The Hall–Kier alpha value is -0.100. The minimum Gasteiger partial charge on any atom is -0.480 e. The molecule has 24 heavy (non-hydrogen) atoms. The molecule has 0 aliphatic carbocycles. The van der Waals surface area contributed by atoms with Gasteiger partial charge in [-0.05, 0) is 23.5 Å². The normalized spacial score (nSPS) is 19.8. The predicted molar refractivity (Wildman–Crippen MR) is 109 cm³/mol. The zero-order valence-corrected chi connectivity index (χ0v) is 17.3. The lowest BCUT2D eigenvalue weighted by Gasteiger charge is -2.13. The van der Waals surface area contributed by atoms with Crippen LogP contribution in [0.2, 0.25) is 0 Å². The third-order valence-electron chi connectivity index (χ3n) is 2.69. The van der Waals surface area contributed by atoms with Gasteiger partial charge in [0.1, 0.15) is 13.2 Å². The predicted octanol–water partition coefficient (Wildman–Crippen LogP) is 5.67. The second-order valence-corrected chi connectivity index (χ2v) is 11.6. The van der Waals surface area contributed by atoms with E-state index in [0.717, 1.165) is 21.7 Å². The van der Waals surface area contributed by atoms with Gasteiger partial charge in [0, 0.05) is 24.3 Å². The Bertz CT molecular complexity index is 634. The van der Waals surface area contributed by atoms with Gasteiger partial charge < -0.3 is 9.47 Å². The average Bonchev–Trinajstić information content (AvgIpc) is 3.19. The van der Waals surface area contributed by atoms with Gasteiger partial charge in [0.2, 0.25) is 10.2 Å². The van der Waals surface area contributed by atoms with E-state index in [0.29, 0.717) is 26.1 Å². The van der Waals surface area contributed by atoms with Crippen molar-refractivity contribution in [3.63, 3.8) is 0 Å². The van der Waals surface area contributed by atoms with Crippen LogP contribution in [0.3, 0.4) is 0 Å². The first-order valence-corrected chi connectivity index (χ1v) is 12.2. The number of nitriles is 2. The van der Waals surface area contributed by atoms with E-state index < -0.39 is 0 Å². The fourth-order valence-corrected chi connectivity index (χ4v) is 9.98. The Balaban J connectivity index is 1.67. The van der Waals surface area contributed by atoms with Crippen molar-refractivity contribution in [2.75, 3.05) is 24.7 Å². The van der Waals surface area contributed by atoms with E-state index in [2.05, 4.69) is 12.1 Å². The molecular weight excluding hydrogens is 421 g/mol. The van der Waals surface area contributed by atoms with Crippen LogP contribution in [0.5, 0.6) is 0 Å². The minimum atomic E-state index is 0.544. The molecule has 0 atom stereocenters. The van der Waals surface area contributed by atoms with Gasteiger partial charge in [-0.1, -0.05) is 23.5 Å². The standard InChI is InChI=1S/C14H12N2O2S6/c15-3-1-7-19-11-12(20-8-2-4-16)24-14(23-11)13-21-9-10(22-13)18-6-5-17-9/h1-2,5-8H2. The van der Waals surface area contributed by atoms with Crippen LogP contribution in [-0.2, 0) is 9.47 Å². The maximum atomic E-state index is 8.74. The fourth-order valence-electron chi connectivity index (χ4n) is 1.71. The molecule has 4 nitrogen and oxygen atoms in total. The molecule has 0 N–H and O–H groups in total. The molecule has 0 saturated heterocycles. The van der Waals surface area contributed by atoms with Gasteiger partial charge in [0.05, 0.1) is 29.1 Å². The Labute approximate surface area is 166 Å². The van der Waals surface area contributed by atoms with Gasteiger partial charge >= 0.3 is 0 Å². The molecule has 0 unspecified atom stereocenters. The van der Waals surface area contributed by atoms with Crippen molar-refractivity contribution in [2.45, 2.75) is 12.8 Å². The first kappa shape index (κ1) is 18.7. The van der Waals surface area contributed by atoms with E-state index in [1.807, 2.05) is 0 Å². The summed E-state index contributed by atoms with van der Waals surface area (Å²) in [5, 5.41) is 19.2. The molecule has 3 rings (SSSR count). The van der Waals surface area contributed by atoms with E-state index in [9.17, 15) is 0 Å². The summed E-state index contributed by atoms with van der Waals surface area (Å²) in [7, 11) is 0. The lowest BCUT2D eigenvalue weighted by Crippen LogP contribution is -2.08. The van der Waals surface area contributed by atoms with Gasteiger partial charge in [-0.3, -0.25) is 0 Å². The molecule has 0 fully saturated rings. The summed E-state index contributed by atoms with van der Waals surface area (Å²) in [6.45, 7) is 1.22. The summed E-state index contributed by atoms with van der Waals surface area (Å²) in [6, 6.07) is 4.38. The van der Waals surface area contributed by atoms with Crippen molar-refractivity contribution in [1.82, 2.24) is 0 Å². The second-order valence-electron chi connectivity index (χ2n) is 4.34. The van der Waals surface area contributed by atoms with Crippen LogP contribution in [0, 0.1) is 22.7 Å². The van der Waals surface area contributed by atoms with E-state index in [1.165, 1.54) is 16.9 Å². The van der Waals surface area contributed by atoms with E-state index in [-0.39, 0.29) is 0 Å². The van der Waals surface area contributed by atoms with Gasteiger partial charge in [-0.2, -0.15) is 10.5 Å². The number of ether oxygens (including phenoxy) is 2. The number of hydrogen-bond acceptors (Lipinski definition) is 10. The van der Waals surface area contributed by atoms with E-state index in [1.54, 1.807) is 70.6 Å². The summed E-state index contributed by atoms with van der Waals surface area (Å²) < 4.78 is 16.2. The van der Waals surface area contributed by atoms with E-state index in [4.69, 9.17) is 20.0 Å². The van der Waals surface area contributed by atoms with Crippen LogP contribution in [0.4, 0.5) is 0 Å². The molecule has 0 saturated carbocycles. The van der Waals surface area contributed by atoms with Gasteiger partial charge in [0.15, 0.2) is 0 Å². The SMILES string of the molecule is N#CCCSC1=C(SCCC#N)SC(=C2SC3=C(OCCO3)S2)S1. The first-order valence-electron chi connectivity index (χ1n) is 7.01. The van der Waals surface area contributed by atoms with Crippen LogP contribution in [0.1, 0.15) is 12.8 Å². The Morgan fingerprint density at radius 3 is 1.71 bits per heavy atom. The summed E-state index contributed by atoms with van der Waals surface area (Å²) in [6.07, 6.45) is 1.09. The molecule has 10 heteroatoms. The fraction of sp³-hybridized carbons (Fsp3) is 0.429. The van der Waals surface area contributed by atoms with E-state index >= 15 is 0 Å². The largest absolute Gasteiger partial charge is 0.480 e. The molecule has 0 radical (unpaired) electrons. The number of nitrogens with zero attached hydrogens (tertiary/aromatic N) is 2. The molecule has 0 aromatic rings. The molecule has 0 amide bonds. The van der Waals surface area contributed by atoms with Crippen LogP contribution in [0.25, 0.3) is 0 Å². The number of thioether (sulfide) groups is 6. The summed E-state index contributed by atoms with van der Waals surface area (Å²) in [5.41, 5.74) is 0. The van der Waals surface area contributed by atoms with Crippen LogP contribution in [0.15, 0.2) is 27.1 Å². The zero-order chi connectivity index (χ0) is 16.8. The highest BCUT2D eigenvalue weighted by atomic mass is 32.3. The highest BCUT2D eigenvalue weighted by molar-refractivity contribution is 8.42. The number of rotatable bonds is 6. The summed E-state index contributed by atoms with van der Waals surface area (Å²) in [5.74, 6) is 1.59. The Morgan fingerprint density at radius 1 is 0.792 bits per heavy atom. The topological polar surface area (TPSA) is 66.0 Å². The molecule has 3 aliphatic heterocycles. The smallest absolute Gasteiger partial charge is 0.208 e. The molecular formula is C14H12N2O2S6. The molecule has 126 valence electrons. The third kappa shape index (κ3) is 4.75. The van der Waals surface area contributed by atoms with Crippen molar-refractivity contribution < 1.29 is 9.47 Å². The maximum absolute atomic E-state index is 8.74. The summed E-state index contributed by atoms with van der Waals surface area (Å²) in [4.78, 5) is 0. The molecule has 3 aliphatic rings. The Kier molecular flexibility index (Phi) is 7.44. The van der Waals surface area contributed by atoms with Crippen LogP contribution in [-0.4, -0.2) is 24.7 Å². The van der Waals surface area contributed by atoms with Crippen molar-refractivity contribution in [1.29, 1.82) is 10.5 Å². The number of hydrogen-bond donors (Lipinski definition) is 0. The highest BCUT2D eigenvalue weighted by Crippen LogP contribution is 2.64. The molecule has 0 spiro atoms. The molecule has 3 heterocycles. The molecule has 0 aromatic heterocycles. The van der Waals surface area contributed by atoms with Crippen molar-refractivity contribution >= 4 is 70.6 Å². The van der Waals surface area contributed by atoms with Gasteiger partial charge in [0.25, 0.3) is 0 Å².